The summed E-state index contributed by atoms with van der Waals surface area (Å²) in [4.78, 5) is 11.2. The van der Waals surface area contributed by atoms with Gasteiger partial charge in [0.2, 0.25) is 0 Å². The monoisotopic (exact) mass is 233 g/mol. The molecule has 1 N–H and O–H groups in total. The Bertz CT molecular complexity index is 148. The first kappa shape index (κ1) is 15.3. The molecule has 16 heavy (non-hydrogen) atoms. The van der Waals surface area contributed by atoms with E-state index >= 15 is 0 Å². The van der Waals surface area contributed by atoms with E-state index in [1.165, 1.54) is 0 Å². The molecule has 0 unspecified atom stereocenters. The molecule has 5 heteroatoms. The first-order valence-corrected chi connectivity index (χ1v) is 5.65. The van der Waals surface area contributed by atoms with E-state index in [9.17, 15) is 4.79 Å². The number of nitrogens with one attached hydrogen (secondary N) is 1. The summed E-state index contributed by atoms with van der Waals surface area (Å²) in [6, 6.07) is 0. The number of ether oxygens (including phenoxy) is 3. The Balaban J connectivity index is 3.12. The Hall–Kier alpha value is -0.650. The molecular weight excluding hydrogens is 210 g/mol. The van der Waals surface area contributed by atoms with Gasteiger partial charge in [-0.25, -0.2) is 0 Å². The lowest BCUT2D eigenvalue weighted by Gasteiger charge is -2.05. The number of carbonyl (C=O) groups is 1. The van der Waals surface area contributed by atoms with E-state index in [-0.39, 0.29) is 5.97 Å². The van der Waals surface area contributed by atoms with Crippen LogP contribution >= 0.6 is 0 Å². The van der Waals surface area contributed by atoms with Crippen molar-refractivity contribution in [1.29, 1.82) is 0 Å². The third-order valence-electron chi connectivity index (χ3n) is 1.99. The highest BCUT2D eigenvalue weighted by Crippen LogP contribution is 1.92. The van der Waals surface area contributed by atoms with Crippen LogP contribution in [-0.4, -0.2) is 53.1 Å². The van der Waals surface area contributed by atoms with Crippen molar-refractivity contribution in [2.75, 3.05) is 47.1 Å². The second kappa shape index (κ2) is 12.4. The molecule has 0 fully saturated rings. The predicted octanol–water partition coefficient (Wildman–Crippen LogP) is 0.582. The van der Waals surface area contributed by atoms with Gasteiger partial charge >= 0.3 is 5.97 Å². The first-order valence-electron chi connectivity index (χ1n) is 5.65. The van der Waals surface area contributed by atoms with Gasteiger partial charge in [0, 0.05) is 33.9 Å². The molecule has 0 aromatic carbocycles. The molecule has 0 radical (unpaired) electrons. The van der Waals surface area contributed by atoms with Gasteiger partial charge in [-0.05, 0) is 12.8 Å². The van der Waals surface area contributed by atoms with Crippen LogP contribution in [0.5, 0.6) is 0 Å². The molecule has 0 saturated carbocycles. The summed E-state index contributed by atoms with van der Waals surface area (Å²) in [5.41, 5.74) is 0. The summed E-state index contributed by atoms with van der Waals surface area (Å²) in [6.07, 6.45) is 2.19. The molecule has 0 spiro atoms. The Morgan fingerprint density at radius 1 is 1.00 bits per heavy atom. The number of unbranched alkanes of at least 4 members (excludes halogenated alkanes) is 1. The summed E-state index contributed by atoms with van der Waals surface area (Å²) in [5.74, 6) is -0.151. The average Bonchev–Trinajstić information content (AvgIpc) is 2.28. The lowest BCUT2D eigenvalue weighted by Crippen LogP contribution is -2.23. The zero-order chi connectivity index (χ0) is 12.1. The van der Waals surface area contributed by atoms with Crippen LogP contribution in [0.3, 0.4) is 0 Å². The van der Waals surface area contributed by atoms with Crippen LogP contribution in [0, 0.1) is 0 Å². The number of hydrogen-bond acceptors (Lipinski definition) is 5. The normalized spacial score (nSPS) is 10.4. The van der Waals surface area contributed by atoms with Crippen molar-refractivity contribution in [2.24, 2.45) is 0 Å². The van der Waals surface area contributed by atoms with Gasteiger partial charge in [-0.2, -0.15) is 0 Å². The van der Waals surface area contributed by atoms with Crippen molar-refractivity contribution < 1.29 is 19.0 Å². The molecule has 0 aromatic rings. The van der Waals surface area contributed by atoms with E-state index in [0.29, 0.717) is 26.2 Å². The summed E-state index contributed by atoms with van der Waals surface area (Å²) >= 11 is 0. The van der Waals surface area contributed by atoms with Gasteiger partial charge in [0.05, 0.1) is 19.6 Å². The van der Waals surface area contributed by atoms with Crippen molar-refractivity contribution in [2.45, 2.75) is 19.3 Å². The molecule has 0 bridgehead atoms. The van der Waals surface area contributed by atoms with E-state index in [2.05, 4.69) is 5.32 Å². The highest BCUT2D eigenvalue weighted by Gasteiger charge is 2.01. The molecule has 0 aromatic heterocycles. The highest BCUT2D eigenvalue weighted by molar-refractivity contribution is 5.69. The van der Waals surface area contributed by atoms with Crippen LogP contribution in [0.2, 0.25) is 0 Å². The van der Waals surface area contributed by atoms with E-state index < -0.39 is 0 Å². The fourth-order valence-corrected chi connectivity index (χ4v) is 1.10. The molecule has 0 atom stereocenters. The van der Waals surface area contributed by atoms with E-state index in [1.54, 1.807) is 14.2 Å². The summed E-state index contributed by atoms with van der Waals surface area (Å²) in [7, 11) is 3.31. The number of carbonyl (C=O) groups excluding carboxylic acids is 1. The molecule has 0 amide bonds. The second-order valence-electron chi connectivity index (χ2n) is 3.41. The van der Waals surface area contributed by atoms with E-state index in [4.69, 9.17) is 14.2 Å². The van der Waals surface area contributed by atoms with Crippen LogP contribution < -0.4 is 5.32 Å². The predicted molar refractivity (Wildman–Crippen MR) is 61.4 cm³/mol. The van der Waals surface area contributed by atoms with Gasteiger partial charge in [0.1, 0.15) is 0 Å². The minimum Gasteiger partial charge on any atom is -0.466 e. The molecular formula is C11H23NO4. The van der Waals surface area contributed by atoms with Gasteiger partial charge in [-0.15, -0.1) is 0 Å². The van der Waals surface area contributed by atoms with Crippen molar-refractivity contribution in [3.63, 3.8) is 0 Å². The standard InChI is InChI=1S/C11H23NO4/c1-14-8-3-4-9-16-11(13)5-6-12-7-10-15-2/h12H,3-10H2,1-2H3. The van der Waals surface area contributed by atoms with Crippen LogP contribution in [0.15, 0.2) is 0 Å². The third-order valence-corrected chi connectivity index (χ3v) is 1.99. The lowest BCUT2D eigenvalue weighted by molar-refractivity contribution is -0.143. The first-order chi connectivity index (χ1) is 7.81. The summed E-state index contributed by atoms with van der Waals surface area (Å²) in [5, 5.41) is 3.08. The Morgan fingerprint density at radius 2 is 1.69 bits per heavy atom. The fraction of sp³-hybridized carbons (Fsp3) is 0.909. The topological polar surface area (TPSA) is 56.8 Å². The van der Waals surface area contributed by atoms with Crippen molar-refractivity contribution in [3.05, 3.63) is 0 Å². The maximum Gasteiger partial charge on any atom is 0.307 e. The number of esters is 1. The van der Waals surface area contributed by atoms with Gasteiger partial charge in [0.25, 0.3) is 0 Å². The van der Waals surface area contributed by atoms with Crippen LogP contribution in [0.25, 0.3) is 0 Å². The Morgan fingerprint density at radius 3 is 2.38 bits per heavy atom. The van der Waals surface area contributed by atoms with Crippen LogP contribution in [0.4, 0.5) is 0 Å². The molecule has 0 heterocycles. The maximum atomic E-state index is 11.2. The van der Waals surface area contributed by atoms with Gasteiger partial charge in [-0.1, -0.05) is 0 Å². The molecule has 0 saturated heterocycles. The number of methoxy groups -OCH3 is 2. The second-order valence-corrected chi connectivity index (χ2v) is 3.41. The molecule has 0 aliphatic heterocycles. The summed E-state index contributed by atoms with van der Waals surface area (Å²) in [6.45, 7) is 3.26. The van der Waals surface area contributed by atoms with Crippen molar-refractivity contribution >= 4 is 5.97 Å². The van der Waals surface area contributed by atoms with Gasteiger partial charge in [-0.3, -0.25) is 4.79 Å². The van der Waals surface area contributed by atoms with Crippen molar-refractivity contribution in [3.8, 4) is 0 Å². The van der Waals surface area contributed by atoms with Crippen LogP contribution in [0.1, 0.15) is 19.3 Å². The minimum atomic E-state index is -0.151. The minimum absolute atomic E-state index is 0.151. The fourth-order valence-electron chi connectivity index (χ4n) is 1.10. The van der Waals surface area contributed by atoms with Crippen molar-refractivity contribution in [1.82, 2.24) is 5.32 Å². The van der Waals surface area contributed by atoms with Gasteiger partial charge in [0.15, 0.2) is 0 Å². The SMILES string of the molecule is COCCCCOC(=O)CCNCCOC. The lowest BCUT2D eigenvalue weighted by atomic mass is 10.3. The Labute approximate surface area is 97.4 Å². The largest absolute Gasteiger partial charge is 0.466 e. The number of rotatable bonds is 11. The van der Waals surface area contributed by atoms with Crippen LogP contribution in [-0.2, 0) is 19.0 Å². The van der Waals surface area contributed by atoms with E-state index in [0.717, 1.165) is 26.0 Å². The molecule has 0 aliphatic carbocycles. The zero-order valence-electron chi connectivity index (χ0n) is 10.3. The third kappa shape index (κ3) is 11.4. The average molecular weight is 233 g/mol. The highest BCUT2D eigenvalue weighted by atomic mass is 16.5. The van der Waals surface area contributed by atoms with E-state index in [1.807, 2.05) is 0 Å². The smallest absolute Gasteiger partial charge is 0.307 e. The number of hydrogen-bond donors (Lipinski definition) is 1. The Kier molecular flexibility index (Phi) is 11.9. The molecule has 96 valence electrons. The van der Waals surface area contributed by atoms with Gasteiger partial charge < -0.3 is 19.5 Å². The molecule has 0 aliphatic rings. The molecule has 0 rings (SSSR count). The zero-order valence-corrected chi connectivity index (χ0v) is 10.3. The maximum absolute atomic E-state index is 11.2. The quantitative estimate of drug-likeness (QED) is 0.418. The summed E-state index contributed by atoms with van der Waals surface area (Å²) < 4.78 is 14.8. The molecule has 5 nitrogen and oxygen atoms in total.